The van der Waals surface area contributed by atoms with Crippen LogP contribution < -0.4 is 10.0 Å². The molecule has 2 N–H and O–H groups in total. The first-order valence-electron chi connectivity index (χ1n) is 7.00. The molecule has 26 heavy (non-hydrogen) atoms. The van der Waals surface area contributed by atoms with E-state index in [0.29, 0.717) is 5.69 Å². The minimum Gasteiger partial charge on any atom is -0.455 e. The number of ether oxygens (including phenoxy) is 1. The van der Waals surface area contributed by atoms with E-state index in [1.807, 2.05) is 6.07 Å². The number of nitrogens with one attached hydrogen (secondary N) is 2. The van der Waals surface area contributed by atoms with Crippen molar-refractivity contribution in [2.24, 2.45) is 0 Å². The number of benzene rings is 1. The van der Waals surface area contributed by atoms with E-state index in [4.69, 9.17) is 21.6 Å². The van der Waals surface area contributed by atoms with Crippen molar-refractivity contribution in [2.45, 2.75) is 4.21 Å². The number of amides is 1. The summed E-state index contributed by atoms with van der Waals surface area (Å²) in [6.07, 6.45) is 0. The molecular weight excluding hydrogens is 402 g/mol. The van der Waals surface area contributed by atoms with E-state index >= 15 is 0 Å². The average Bonchev–Trinajstić information content (AvgIpc) is 3.14. The number of anilines is 1. The quantitative estimate of drug-likeness (QED) is 0.666. The maximum Gasteiger partial charge on any atom is 0.321 e. The molecule has 0 aliphatic rings. The van der Waals surface area contributed by atoms with Gasteiger partial charge in [0.15, 0.2) is 6.61 Å². The Bertz CT molecular complexity index is 952. The molecule has 0 aliphatic carbocycles. The van der Waals surface area contributed by atoms with Crippen molar-refractivity contribution in [2.75, 3.05) is 18.5 Å². The molecule has 1 aromatic heterocycles. The van der Waals surface area contributed by atoms with Crippen molar-refractivity contribution >= 4 is 50.5 Å². The van der Waals surface area contributed by atoms with Crippen molar-refractivity contribution in [1.82, 2.24) is 4.72 Å². The predicted molar refractivity (Wildman–Crippen MR) is 95.3 cm³/mol. The average molecular weight is 414 g/mol. The third-order valence-electron chi connectivity index (χ3n) is 2.90. The number of nitrogens with zero attached hydrogens (tertiary/aromatic N) is 1. The van der Waals surface area contributed by atoms with E-state index in [1.165, 1.54) is 24.3 Å². The SMILES string of the molecule is N#Cc1ccc(NC(=O)COC(=O)CNS(=O)(=O)c2cccs2)cc1Cl. The summed E-state index contributed by atoms with van der Waals surface area (Å²) in [6, 6.07) is 9.14. The molecule has 1 heterocycles. The van der Waals surface area contributed by atoms with Gasteiger partial charge in [0.25, 0.3) is 15.9 Å². The zero-order valence-electron chi connectivity index (χ0n) is 13.1. The van der Waals surface area contributed by atoms with Gasteiger partial charge in [0.05, 0.1) is 10.6 Å². The van der Waals surface area contributed by atoms with Crippen LogP contribution in [0.2, 0.25) is 5.02 Å². The van der Waals surface area contributed by atoms with Gasteiger partial charge in [-0.3, -0.25) is 9.59 Å². The van der Waals surface area contributed by atoms with Crippen LogP contribution in [0.15, 0.2) is 39.9 Å². The number of rotatable bonds is 7. The summed E-state index contributed by atoms with van der Waals surface area (Å²) >= 11 is 6.85. The van der Waals surface area contributed by atoms with Gasteiger partial charge >= 0.3 is 5.97 Å². The molecule has 0 bridgehead atoms. The highest BCUT2D eigenvalue weighted by Crippen LogP contribution is 2.20. The fourth-order valence-corrected chi connectivity index (χ4v) is 3.95. The summed E-state index contributed by atoms with van der Waals surface area (Å²) in [4.78, 5) is 23.3. The van der Waals surface area contributed by atoms with Gasteiger partial charge in [0.2, 0.25) is 0 Å². The molecule has 11 heteroatoms. The largest absolute Gasteiger partial charge is 0.455 e. The molecule has 0 unspecified atom stereocenters. The number of hydrogen-bond donors (Lipinski definition) is 2. The molecule has 0 atom stereocenters. The zero-order valence-corrected chi connectivity index (χ0v) is 15.5. The highest BCUT2D eigenvalue weighted by molar-refractivity contribution is 7.91. The Kier molecular flexibility index (Phi) is 6.70. The molecule has 0 saturated carbocycles. The van der Waals surface area contributed by atoms with Gasteiger partial charge < -0.3 is 10.1 Å². The van der Waals surface area contributed by atoms with E-state index in [9.17, 15) is 18.0 Å². The van der Waals surface area contributed by atoms with Gasteiger partial charge in [-0.05, 0) is 29.6 Å². The zero-order chi connectivity index (χ0) is 19.2. The lowest BCUT2D eigenvalue weighted by Crippen LogP contribution is -2.32. The second-order valence-corrected chi connectivity index (χ2v) is 8.12. The molecule has 2 rings (SSSR count). The molecule has 0 saturated heterocycles. The summed E-state index contributed by atoms with van der Waals surface area (Å²) in [5, 5.41) is 13.0. The Morgan fingerprint density at radius 1 is 1.31 bits per heavy atom. The molecule has 1 amide bonds. The van der Waals surface area contributed by atoms with E-state index in [2.05, 4.69) is 10.0 Å². The van der Waals surface area contributed by atoms with Crippen LogP contribution in [0.1, 0.15) is 5.56 Å². The summed E-state index contributed by atoms with van der Waals surface area (Å²) < 4.78 is 30.5. The lowest BCUT2D eigenvalue weighted by atomic mass is 10.2. The molecule has 136 valence electrons. The smallest absolute Gasteiger partial charge is 0.321 e. The van der Waals surface area contributed by atoms with E-state index in [-0.39, 0.29) is 14.8 Å². The highest BCUT2D eigenvalue weighted by atomic mass is 35.5. The summed E-state index contributed by atoms with van der Waals surface area (Å²) in [5.74, 6) is -1.54. The van der Waals surface area contributed by atoms with E-state index in [0.717, 1.165) is 11.3 Å². The molecule has 0 spiro atoms. The summed E-state index contributed by atoms with van der Waals surface area (Å²) in [5.41, 5.74) is 0.586. The monoisotopic (exact) mass is 413 g/mol. The van der Waals surface area contributed by atoms with Crippen LogP contribution in [0.3, 0.4) is 0 Å². The third-order valence-corrected chi connectivity index (χ3v) is 6.02. The molecule has 2 aromatic rings. The highest BCUT2D eigenvalue weighted by Gasteiger charge is 2.17. The maximum atomic E-state index is 11.8. The van der Waals surface area contributed by atoms with Crippen LogP contribution >= 0.6 is 22.9 Å². The fraction of sp³-hybridized carbons (Fsp3) is 0.133. The van der Waals surface area contributed by atoms with Crippen molar-refractivity contribution in [1.29, 1.82) is 5.26 Å². The van der Waals surface area contributed by atoms with Crippen LogP contribution in [0, 0.1) is 11.3 Å². The van der Waals surface area contributed by atoms with Crippen molar-refractivity contribution in [3.05, 3.63) is 46.3 Å². The Hall–Kier alpha value is -2.45. The number of esters is 1. The normalized spacial score (nSPS) is 10.8. The minimum absolute atomic E-state index is 0.0701. The van der Waals surface area contributed by atoms with Crippen molar-refractivity contribution in [3.8, 4) is 6.07 Å². The number of nitriles is 1. The second kappa shape index (κ2) is 8.77. The number of carbonyl (C=O) groups excluding carboxylic acids is 2. The summed E-state index contributed by atoms with van der Waals surface area (Å²) in [6.45, 7) is -1.20. The van der Waals surface area contributed by atoms with E-state index < -0.39 is 35.1 Å². The number of hydrogen-bond acceptors (Lipinski definition) is 7. The number of sulfonamides is 1. The molecule has 0 radical (unpaired) electrons. The predicted octanol–water partition coefficient (Wildman–Crippen LogP) is 1.73. The maximum absolute atomic E-state index is 11.8. The fourth-order valence-electron chi connectivity index (χ4n) is 1.72. The third kappa shape index (κ3) is 5.53. The Morgan fingerprint density at radius 3 is 2.69 bits per heavy atom. The van der Waals surface area contributed by atoms with Crippen LogP contribution in [-0.4, -0.2) is 33.4 Å². The standard InChI is InChI=1S/C15H12ClN3O5S2/c16-12-6-11(4-3-10(12)7-17)19-13(20)9-24-14(21)8-18-26(22,23)15-2-1-5-25-15/h1-6,18H,8-9H2,(H,19,20). The lowest BCUT2D eigenvalue weighted by molar-refractivity contribution is -0.146. The van der Waals surface area contributed by atoms with Crippen LogP contribution in [-0.2, 0) is 24.3 Å². The first-order chi connectivity index (χ1) is 12.3. The Balaban J connectivity index is 1.79. The van der Waals surface area contributed by atoms with Crippen LogP contribution in [0.25, 0.3) is 0 Å². The second-order valence-electron chi connectivity index (χ2n) is 4.77. The number of carbonyl (C=O) groups is 2. The lowest BCUT2D eigenvalue weighted by Gasteiger charge is -2.08. The summed E-state index contributed by atoms with van der Waals surface area (Å²) in [7, 11) is -3.78. The molecular formula is C15H12ClN3O5S2. The van der Waals surface area contributed by atoms with Gasteiger partial charge in [-0.25, -0.2) is 8.42 Å². The topological polar surface area (TPSA) is 125 Å². The number of thiophene rings is 1. The van der Waals surface area contributed by atoms with Crippen molar-refractivity contribution < 1.29 is 22.7 Å². The Labute approximate surface area is 158 Å². The van der Waals surface area contributed by atoms with Gasteiger partial charge in [-0.15, -0.1) is 11.3 Å². The van der Waals surface area contributed by atoms with Crippen molar-refractivity contribution in [3.63, 3.8) is 0 Å². The van der Waals surface area contributed by atoms with Gasteiger partial charge in [0.1, 0.15) is 16.8 Å². The molecule has 8 nitrogen and oxygen atoms in total. The molecule has 0 fully saturated rings. The first kappa shape index (κ1) is 19.9. The van der Waals surface area contributed by atoms with Gasteiger partial charge in [0, 0.05) is 5.69 Å². The van der Waals surface area contributed by atoms with Crippen LogP contribution in [0.4, 0.5) is 5.69 Å². The van der Waals surface area contributed by atoms with Crippen LogP contribution in [0.5, 0.6) is 0 Å². The van der Waals surface area contributed by atoms with Gasteiger partial charge in [-0.1, -0.05) is 17.7 Å². The van der Waals surface area contributed by atoms with E-state index in [1.54, 1.807) is 11.4 Å². The molecule has 1 aromatic carbocycles. The first-order valence-corrected chi connectivity index (χ1v) is 9.74. The van der Waals surface area contributed by atoms with Gasteiger partial charge in [-0.2, -0.15) is 9.98 Å². The molecule has 0 aliphatic heterocycles. The Morgan fingerprint density at radius 2 is 2.08 bits per heavy atom. The number of halogens is 1. The minimum atomic E-state index is -3.78.